The lowest BCUT2D eigenvalue weighted by atomic mass is 9.74. The van der Waals surface area contributed by atoms with Crippen LogP contribution in [-0.4, -0.2) is 24.0 Å². The molecule has 0 amide bonds. The molecule has 108 valence electrons. The van der Waals surface area contributed by atoms with Crippen molar-refractivity contribution in [1.29, 1.82) is 0 Å². The second-order valence-electron chi connectivity index (χ2n) is 5.86. The van der Waals surface area contributed by atoms with Gasteiger partial charge in [0.25, 0.3) is 10.0 Å². The number of nitrogens with one attached hydrogen (secondary N) is 1. The average Bonchev–Trinajstić information content (AvgIpc) is 2.63. The summed E-state index contributed by atoms with van der Waals surface area (Å²) in [6.45, 7) is 4.19. The average molecular weight is 306 g/mol. The van der Waals surface area contributed by atoms with Crippen LogP contribution in [0.15, 0.2) is 11.4 Å². The van der Waals surface area contributed by atoms with Gasteiger partial charge in [-0.1, -0.05) is 38.3 Å². The van der Waals surface area contributed by atoms with E-state index < -0.39 is 10.0 Å². The molecule has 0 aliphatic heterocycles. The van der Waals surface area contributed by atoms with Crippen molar-refractivity contribution in [3.8, 4) is 0 Å². The molecule has 1 aromatic rings. The lowest BCUT2D eigenvalue weighted by molar-refractivity contribution is 0.188. The fourth-order valence-corrected chi connectivity index (χ4v) is 4.40. The number of nitrogens with zero attached hydrogens (tertiary/aromatic N) is 2. The van der Waals surface area contributed by atoms with E-state index in [-0.39, 0.29) is 21.6 Å². The van der Waals surface area contributed by atoms with E-state index in [0.717, 1.165) is 25.7 Å². The second kappa shape index (κ2) is 5.07. The topological polar surface area (TPSA) is 64.0 Å². The van der Waals surface area contributed by atoms with Crippen LogP contribution in [0.25, 0.3) is 0 Å². The van der Waals surface area contributed by atoms with Crippen LogP contribution in [0.5, 0.6) is 0 Å². The minimum atomic E-state index is -3.65. The summed E-state index contributed by atoms with van der Waals surface area (Å²) in [5, 5.41) is 0.0548. The minimum absolute atomic E-state index is 0.0351. The molecule has 0 radical (unpaired) electrons. The Hall–Kier alpha value is -0.590. The van der Waals surface area contributed by atoms with E-state index in [2.05, 4.69) is 23.6 Å². The van der Waals surface area contributed by atoms with Gasteiger partial charge in [0.2, 0.25) is 5.03 Å². The van der Waals surface area contributed by atoms with Crippen LogP contribution in [0.3, 0.4) is 0 Å². The van der Waals surface area contributed by atoms with Crippen molar-refractivity contribution in [2.45, 2.75) is 50.6 Å². The second-order valence-corrected chi connectivity index (χ2v) is 7.85. The first-order valence-electron chi connectivity index (χ1n) is 6.43. The Morgan fingerprint density at radius 3 is 2.68 bits per heavy atom. The molecule has 1 fully saturated rings. The smallest absolute Gasteiger partial charge is 0.261 e. The van der Waals surface area contributed by atoms with Gasteiger partial charge >= 0.3 is 0 Å². The molecule has 1 unspecified atom stereocenters. The van der Waals surface area contributed by atoms with E-state index in [1.54, 1.807) is 7.05 Å². The highest BCUT2D eigenvalue weighted by atomic mass is 35.5. The maximum atomic E-state index is 12.4. The third-order valence-corrected chi connectivity index (χ3v) is 5.85. The van der Waals surface area contributed by atoms with E-state index in [1.165, 1.54) is 10.9 Å². The minimum Gasteiger partial charge on any atom is -0.324 e. The molecule has 1 N–H and O–H groups in total. The fourth-order valence-electron chi connectivity index (χ4n) is 2.53. The maximum Gasteiger partial charge on any atom is 0.261 e. The zero-order valence-electron chi connectivity index (χ0n) is 11.5. The lowest BCUT2D eigenvalue weighted by Gasteiger charge is -2.38. The van der Waals surface area contributed by atoms with E-state index in [4.69, 9.17) is 11.6 Å². The molecule has 1 saturated carbocycles. The van der Waals surface area contributed by atoms with Gasteiger partial charge in [0.1, 0.15) is 5.15 Å². The highest BCUT2D eigenvalue weighted by Gasteiger charge is 2.36. The van der Waals surface area contributed by atoms with Gasteiger partial charge in [0, 0.05) is 13.1 Å². The van der Waals surface area contributed by atoms with Gasteiger partial charge in [-0.15, -0.1) is 0 Å². The Labute approximate surface area is 119 Å². The highest BCUT2D eigenvalue weighted by Crippen LogP contribution is 2.36. The molecular formula is C12H20ClN3O2S. The van der Waals surface area contributed by atoms with Crippen molar-refractivity contribution >= 4 is 21.6 Å². The Balaban J connectivity index is 2.24. The van der Waals surface area contributed by atoms with E-state index in [9.17, 15) is 8.42 Å². The maximum absolute atomic E-state index is 12.4. The third kappa shape index (κ3) is 2.95. The number of rotatable bonds is 3. The van der Waals surface area contributed by atoms with Gasteiger partial charge < -0.3 is 4.57 Å². The Bertz CT molecular complexity index is 566. The van der Waals surface area contributed by atoms with Gasteiger partial charge in [-0.25, -0.2) is 18.1 Å². The summed E-state index contributed by atoms with van der Waals surface area (Å²) in [4.78, 5) is 3.88. The molecule has 5 nitrogen and oxygen atoms in total. The van der Waals surface area contributed by atoms with Crippen LogP contribution in [0.4, 0.5) is 0 Å². The molecular weight excluding hydrogens is 286 g/mol. The van der Waals surface area contributed by atoms with Crippen LogP contribution in [-0.2, 0) is 17.1 Å². The Morgan fingerprint density at radius 1 is 1.47 bits per heavy atom. The number of sulfonamides is 1. The molecule has 0 saturated heterocycles. The van der Waals surface area contributed by atoms with Crippen LogP contribution in [0.1, 0.15) is 39.5 Å². The zero-order valence-corrected chi connectivity index (χ0v) is 13.1. The number of hydrogen-bond acceptors (Lipinski definition) is 3. The van der Waals surface area contributed by atoms with Crippen LogP contribution in [0, 0.1) is 5.41 Å². The van der Waals surface area contributed by atoms with Gasteiger partial charge in [-0.3, -0.25) is 0 Å². The predicted molar refractivity (Wildman–Crippen MR) is 74.6 cm³/mol. The summed E-state index contributed by atoms with van der Waals surface area (Å²) in [5.41, 5.74) is -0.0351. The van der Waals surface area contributed by atoms with Gasteiger partial charge in [-0.2, -0.15) is 0 Å². The first-order valence-corrected chi connectivity index (χ1v) is 8.29. The summed E-state index contributed by atoms with van der Waals surface area (Å²) in [7, 11) is -1.99. The number of aryl methyl sites for hydroxylation is 1. The van der Waals surface area contributed by atoms with Crippen molar-refractivity contribution in [3.63, 3.8) is 0 Å². The van der Waals surface area contributed by atoms with Crippen LogP contribution in [0.2, 0.25) is 5.15 Å². The Kier molecular flexibility index (Phi) is 3.95. The van der Waals surface area contributed by atoms with Crippen molar-refractivity contribution in [2.24, 2.45) is 12.5 Å². The summed E-state index contributed by atoms with van der Waals surface area (Å²) in [6.07, 6.45) is 5.48. The summed E-state index contributed by atoms with van der Waals surface area (Å²) in [5.74, 6) is 0. The molecule has 0 bridgehead atoms. The molecule has 1 aliphatic carbocycles. The molecule has 2 rings (SSSR count). The first kappa shape index (κ1) is 14.8. The summed E-state index contributed by atoms with van der Waals surface area (Å²) >= 11 is 5.96. The molecule has 1 aliphatic rings. The molecule has 1 heterocycles. The van der Waals surface area contributed by atoms with Crippen molar-refractivity contribution < 1.29 is 8.42 Å². The highest BCUT2D eigenvalue weighted by molar-refractivity contribution is 7.89. The number of aromatic nitrogens is 2. The SMILES string of the molecule is Cn1cnc(S(=O)(=O)NC2CCCCC2(C)C)c1Cl. The van der Waals surface area contributed by atoms with Crippen molar-refractivity contribution in [3.05, 3.63) is 11.5 Å². The predicted octanol–water partition coefficient (Wildman–Crippen LogP) is 2.32. The summed E-state index contributed by atoms with van der Waals surface area (Å²) in [6, 6.07) is -0.0654. The molecule has 1 atom stereocenters. The Morgan fingerprint density at radius 2 is 2.16 bits per heavy atom. The molecule has 7 heteroatoms. The van der Waals surface area contributed by atoms with Gasteiger partial charge in [0.15, 0.2) is 0 Å². The third-order valence-electron chi connectivity index (χ3n) is 3.89. The first-order chi connectivity index (χ1) is 8.74. The zero-order chi connectivity index (χ0) is 14.3. The quantitative estimate of drug-likeness (QED) is 0.932. The summed E-state index contributed by atoms with van der Waals surface area (Å²) < 4.78 is 29.0. The fraction of sp³-hybridized carbons (Fsp3) is 0.750. The van der Waals surface area contributed by atoms with E-state index in [1.807, 2.05) is 0 Å². The monoisotopic (exact) mass is 305 g/mol. The van der Waals surface area contributed by atoms with Gasteiger partial charge in [0.05, 0.1) is 6.33 Å². The standard InChI is InChI=1S/C12H20ClN3O2S/c1-12(2)7-5-4-6-9(12)15-19(17,18)11-10(13)16(3)8-14-11/h8-9,15H,4-7H2,1-3H3. The van der Waals surface area contributed by atoms with Crippen LogP contribution < -0.4 is 4.72 Å². The van der Waals surface area contributed by atoms with Crippen molar-refractivity contribution in [1.82, 2.24) is 14.3 Å². The lowest BCUT2D eigenvalue weighted by Crippen LogP contribution is -2.46. The van der Waals surface area contributed by atoms with Crippen LogP contribution >= 0.6 is 11.6 Å². The molecule has 19 heavy (non-hydrogen) atoms. The number of halogens is 1. The molecule has 0 aromatic carbocycles. The normalized spacial score (nSPS) is 23.5. The van der Waals surface area contributed by atoms with Crippen molar-refractivity contribution in [2.75, 3.05) is 0 Å². The molecule has 0 spiro atoms. The largest absolute Gasteiger partial charge is 0.324 e. The van der Waals surface area contributed by atoms with Gasteiger partial charge in [-0.05, 0) is 18.3 Å². The van der Waals surface area contributed by atoms with E-state index in [0.29, 0.717) is 0 Å². The molecule has 1 aromatic heterocycles. The number of hydrogen-bond donors (Lipinski definition) is 1. The van der Waals surface area contributed by atoms with E-state index >= 15 is 0 Å². The number of imidazole rings is 1.